The molecule has 0 fully saturated rings. The van der Waals surface area contributed by atoms with Crippen molar-refractivity contribution in [3.05, 3.63) is 302 Å². The van der Waals surface area contributed by atoms with Crippen LogP contribution in [0.4, 0.5) is 28.4 Å². The third-order valence-corrected chi connectivity index (χ3v) is 13.4. The highest BCUT2D eigenvalue weighted by Crippen LogP contribution is 2.61. The fourth-order valence-electron chi connectivity index (χ4n) is 10.4. The summed E-state index contributed by atoms with van der Waals surface area (Å²) in [5, 5.41) is 2.43. The number of rotatable bonds is 12. The second-order valence-electron chi connectivity index (χ2n) is 17.2. The van der Waals surface area contributed by atoms with Crippen molar-refractivity contribution in [2.75, 3.05) is 9.80 Å². The first kappa shape index (κ1) is 41.3. The predicted molar refractivity (Wildman–Crippen MR) is 285 cm³/mol. The van der Waals surface area contributed by atoms with E-state index in [0.29, 0.717) is 0 Å². The first-order valence-electron chi connectivity index (χ1n) is 23.3. The van der Waals surface area contributed by atoms with Crippen LogP contribution in [0.2, 0.25) is 0 Å². The van der Waals surface area contributed by atoms with Crippen LogP contribution >= 0.6 is 0 Å². The number of benzene rings is 9. The Kier molecular flexibility index (Phi) is 11.2. The van der Waals surface area contributed by atoms with Gasteiger partial charge in [0.25, 0.3) is 0 Å². The molecule has 320 valence electrons. The maximum absolute atomic E-state index is 4.07. The van der Waals surface area contributed by atoms with Crippen molar-refractivity contribution in [1.29, 1.82) is 0 Å². The van der Waals surface area contributed by atoms with Crippen LogP contribution in [0.25, 0.3) is 38.6 Å². The molecule has 0 saturated heterocycles. The molecule has 0 amide bonds. The highest BCUT2D eigenvalue weighted by molar-refractivity contribution is 6.11. The van der Waals surface area contributed by atoms with Crippen LogP contribution in [0.15, 0.2) is 279 Å². The van der Waals surface area contributed by atoms with E-state index in [9.17, 15) is 0 Å². The molecule has 2 aliphatic carbocycles. The Labute approximate surface area is 394 Å². The van der Waals surface area contributed by atoms with Crippen molar-refractivity contribution in [3.8, 4) is 22.3 Å². The van der Waals surface area contributed by atoms with Crippen molar-refractivity contribution < 1.29 is 0 Å². The molecule has 0 spiro atoms. The Morgan fingerprint density at radius 3 is 1.78 bits per heavy atom. The van der Waals surface area contributed by atoms with Crippen molar-refractivity contribution in [3.63, 3.8) is 0 Å². The highest BCUT2D eigenvalue weighted by Gasteiger charge is 2.48. The van der Waals surface area contributed by atoms with Crippen molar-refractivity contribution in [1.82, 2.24) is 0 Å². The summed E-state index contributed by atoms with van der Waals surface area (Å²) in [5.74, 6) is 0. The molecule has 1 atom stereocenters. The molecule has 0 N–H and O–H groups in total. The van der Waals surface area contributed by atoms with Gasteiger partial charge in [0, 0.05) is 34.3 Å². The van der Waals surface area contributed by atoms with E-state index in [2.05, 4.69) is 277 Å². The Balaban J connectivity index is 1.18. The summed E-state index contributed by atoms with van der Waals surface area (Å²) in [6.45, 7) is 4.07. The molecule has 67 heavy (non-hydrogen) atoms. The lowest BCUT2D eigenvalue weighted by Gasteiger charge is -2.38. The monoisotopic (exact) mass is 858 g/mol. The molecular weight excluding hydrogens is 809 g/mol. The predicted octanol–water partition coefficient (Wildman–Crippen LogP) is 17.5. The minimum absolute atomic E-state index is 0.602. The van der Waals surface area contributed by atoms with Gasteiger partial charge in [-0.3, -0.25) is 0 Å². The van der Waals surface area contributed by atoms with Gasteiger partial charge >= 0.3 is 0 Å². The fraction of sp³-hybridized carbons (Fsp3) is 0.0462. The van der Waals surface area contributed by atoms with Gasteiger partial charge in [0.1, 0.15) is 0 Å². The molecule has 1 unspecified atom stereocenters. The smallest absolute Gasteiger partial charge is 0.0678 e. The van der Waals surface area contributed by atoms with E-state index in [1.165, 1.54) is 55.3 Å². The van der Waals surface area contributed by atoms with E-state index >= 15 is 0 Å². The quantitative estimate of drug-likeness (QED) is 0.113. The number of para-hydroxylation sites is 2. The van der Waals surface area contributed by atoms with Gasteiger partial charge in [-0.25, -0.2) is 0 Å². The van der Waals surface area contributed by atoms with Gasteiger partial charge in [0.15, 0.2) is 0 Å². The van der Waals surface area contributed by atoms with Crippen LogP contribution in [0.5, 0.6) is 0 Å². The molecular formula is C65H50N2. The van der Waals surface area contributed by atoms with E-state index in [-0.39, 0.29) is 0 Å². The molecule has 11 rings (SSSR count). The lowest BCUT2D eigenvalue weighted by Crippen LogP contribution is -2.30. The lowest BCUT2D eigenvalue weighted by atomic mass is 9.65. The third-order valence-electron chi connectivity index (χ3n) is 13.4. The Morgan fingerprint density at radius 1 is 0.522 bits per heavy atom. The first-order valence-corrected chi connectivity index (χ1v) is 23.3. The van der Waals surface area contributed by atoms with E-state index in [0.717, 1.165) is 52.4 Å². The highest BCUT2D eigenvalue weighted by atomic mass is 15.1. The zero-order chi connectivity index (χ0) is 45.0. The fourth-order valence-corrected chi connectivity index (χ4v) is 10.4. The van der Waals surface area contributed by atoms with Crippen LogP contribution in [-0.2, 0) is 5.41 Å². The molecule has 2 heteroatoms. The van der Waals surface area contributed by atoms with E-state index in [1.54, 1.807) is 0 Å². The molecule has 9 aromatic carbocycles. The Morgan fingerprint density at radius 2 is 1.10 bits per heavy atom. The van der Waals surface area contributed by atoms with Crippen molar-refractivity contribution >= 4 is 44.8 Å². The summed E-state index contributed by atoms with van der Waals surface area (Å²) in [5.41, 5.74) is 17.3. The summed E-state index contributed by atoms with van der Waals surface area (Å²) in [4.78, 5) is 4.79. The van der Waals surface area contributed by atoms with Gasteiger partial charge in [-0.1, -0.05) is 212 Å². The third kappa shape index (κ3) is 7.53. The van der Waals surface area contributed by atoms with Gasteiger partial charge in [-0.15, -0.1) is 0 Å². The average Bonchev–Trinajstić information content (AvgIpc) is 3.70. The molecule has 2 aliphatic rings. The summed E-state index contributed by atoms with van der Waals surface area (Å²) >= 11 is 0. The van der Waals surface area contributed by atoms with E-state index in [1.807, 2.05) is 6.08 Å². The first-order chi connectivity index (χ1) is 33.2. The molecule has 0 bridgehead atoms. The van der Waals surface area contributed by atoms with Gasteiger partial charge in [-0.2, -0.15) is 0 Å². The summed E-state index contributed by atoms with van der Waals surface area (Å²) in [6, 6.07) is 81.7. The second kappa shape index (κ2) is 18.2. The van der Waals surface area contributed by atoms with Crippen LogP contribution in [0, 0.1) is 0 Å². The summed E-state index contributed by atoms with van der Waals surface area (Å²) in [7, 11) is 0. The number of fused-ring (bicyclic) bond motifs is 5. The van der Waals surface area contributed by atoms with Crippen molar-refractivity contribution in [2.45, 2.75) is 18.3 Å². The van der Waals surface area contributed by atoms with Crippen molar-refractivity contribution in [2.24, 2.45) is 0 Å². The van der Waals surface area contributed by atoms with Gasteiger partial charge in [-0.05, 0) is 129 Å². The van der Waals surface area contributed by atoms with Crippen LogP contribution in [0.3, 0.4) is 0 Å². The molecule has 2 nitrogen and oxygen atoms in total. The van der Waals surface area contributed by atoms with Gasteiger partial charge < -0.3 is 9.80 Å². The number of hydrogen-bond acceptors (Lipinski definition) is 2. The average molecular weight is 859 g/mol. The zero-order valence-electron chi connectivity index (χ0n) is 37.4. The number of allylic oxidation sites excluding steroid dienone is 8. The largest absolute Gasteiger partial charge is 0.317 e. The molecule has 0 aliphatic heterocycles. The van der Waals surface area contributed by atoms with E-state index in [4.69, 9.17) is 0 Å². The van der Waals surface area contributed by atoms with Gasteiger partial charge in [0.2, 0.25) is 0 Å². The summed E-state index contributed by atoms with van der Waals surface area (Å²) in [6.07, 6.45) is 17.3. The maximum Gasteiger partial charge on any atom is 0.0678 e. The normalized spacial score (nSPS) is 15.2. The van der Waals surface area contributed by atoms with Gasteiger partial charge in [0.05, 0.1) is 11.1 Å². The van der Waals surface area contributed by atoms with Crippen LogP contribution in [0.1, 0.15) is 35.1 Å². The second-order valence-corrected chi connectivity index (χ2v) is 17.2. The molecule has 0 aromatic heterocycles. The molecule has 0 saturated carbocycles. The number of anilines is 5. The standard InChI is InChI=1S/C65H50N2/c1-2-23-48(49-24-9-3-10-25-49)44-45-66(54-32-17-7-18-33-54)57-42-43-60-61(46-57)65(52-28-13-5-14-29-52,53-30-15-6-16-31-53)62-47-63(58-36-21-22-37-59(58)64(60)62)67(55-34-19-8-20-35-55)56-40-38-51(39-41-56)50-26-11-4-12-27-50/h2-15,17-30,32-47H,1,16,31H2/b45-44-,48-23+. The summed E-state index contributed by atoms with van der Waals surface area (Å²) < 4.78 is 0. The zero-order valence-corrected chi connectivity index (χ0v) is 37.4. The molecule has 0 heterocycles. The van der Waals surface area contributed by atoms with Crippen LogP contribution in [-0.4, -0.2) is 0 Å². The topological polar surface area (TPSA) is 6.48 Å². The lowest BCUT2D eigenvalue weighted by molar-refractivity contribution is 0.693. The minimum atomic E-state index is -0.602. The molecule has 0 radical (unpaired) electrons. The SMILES string of the molecule is C=C/C=C(\C=C/N(c1ccccc1)c1ccc2c(c1)C(C1=CC=CCC1)(c1ccccc1)c1cc(N(c3ccccc3)c3ccc(-c4ccccc4)cc3)c3ccccc3c1-2)c1ccccc1. The van der Waals surface area contributed by atoms with E-state index < -0.39 is 5.41 Å². The maximum atomic E-state index is 4.07. The Hall–Kier alpha value is -8.46. The molecule has 9 aromatic rings. The number of nitrogens with zero attached hydrogens (tertiary/aromatic N) is 2. The van der Waals surface area contributed by atoms with Crippen LogP contribution < -0.4 is 9.80 Å². The minimum Gasteiger partial charge on any atom is -0.317 e. The number of hydrogen-bond donors (Lipinski definition) is 0. The Bertz CT molecular complexity index is 3330.